The average molecular weight is 505 g/mol. The predicted molar refractivity (Wildman–Crippen MR) is 150 cm³/mol. The summed E-state index contributed by atoms with van der Waals surface area (Å²) in [6, 6.07) is 18.4. The van der Waals surface area contributed by atoms with Gasteiger partial charge in [-0.2, -0.15) is 0 Å². The minimum absolute atomic E-state index is 0.646. The molecule has 35 heavy (non-hydrogen) atoms. The number of aromatic nitrogens is 1. The second-order valence-electron chi connectivity index (χ2n) is 8.75. The van der Waals surface area contributed by atoms with Gasteiger partial charge in [-0.3, -0.25) is 0 Å². The third-order valence-electron chi connectivity index (χ3n) is 5.70. The lowest BCUT2D eigenvalue weighted by Crippen LogP contribution is -2.07. The number of rotatable bonds is 12. The molecule has 0 aliphatic carbocycles. The van der Waals surface area contributed by atoms with Gasteiger partial charge >= 0.3 is 0 Å². The molecule has 182 valence electrons. The van der Waals surface area contributed by atoms with Crippen LogP contribution in [0.3, 0.4) is 0 Å². The molecule has 0 bridgehead atoms. The first-order valence-corrected chi connectivity index (χ1v) is 13.8. The Morgan fingerprint density at radius 2 is 1.40 bits per heavy atom. The lowest BCUT2D eigenvalue weighted by molar-refractivity contribution is 0.607. The van der Waals surface area contributed by atoms with Gasteiger partial charge in [0.25, 0.3) is 0 Å². The van der Waals surface area contributed by atoms with E-state index in [0.29, 0.717) is 5.13 Å². The van der Waals surface area contributed by atoms with Crippen LogP contribution in [-0.2, 0) is 6.42 Å². The quantitative estimate of drug-likeness (QED) is 0.142. The van der Waals surface area contributed by atoms with Crippen molar-refractivity contribution < 1.29 is 0 Å². The molecule has 0 spiro atoms. The zero-order valence-electron chi connectivity index (χ0n) is 20.6. The van der Waals surface area contributed by atoms with Crippen LogP contribution in [-0.4, -0.2) is 19.1 Å². The van der Waals surface area contributed by atoms with Gasteiger partial charge in [-0.05, 0) is 60.9 Å². The highest BCUT2D eigenvalue weighted by Crippen LogP contribution is 2.39. The summed E-state index contributed by atoms with van der Waals surface area (Å²) in [6.45, 7) is 2.26. The standard InChI is InChI=1S/C27H32N6S2/c1-4-5-6-7-8-9-10-20-11-13-21(14-12-20)29-31-25-19-24-26(35-25)28-27(34-24)32-30-22-15-17-23(18-16-22)33(2)3/h11-19H,4-10H2,1-3H3. The summed E-state index contributed by atoms with van der Waals surface area (Å²) in [5, 5.41) is 18.9. The average Bonchev–Trinajstić information content (AvgIpc) is 3.43. The highest BCUT2D eigenvalue weighted by atomic mass is 32.1. The molecular weight excluding hydrogens is 472 g/mol. The van der Waals surface area contributed by atoms with Gasteiger partial charge in [-0.1, -0.05) is 73.8 Å². The Hall–Kier alpha value is -2.97. The Morgan fingerprint density at radius 3 is 2.09 bits per heavy atom. The van der Waals surface area contributed by atoms with Crippen LogP contribution in [0.5, 0.6) is 0 Å². The number of hydrogen-bond donors (Lipinski definition) is 0. The van der Waals surface area contributed by atoms with Gasteiger partial charge in [0.2, 0.25) is 5.13 Å². The molecule has 2 heterocycles. The second-order valence-corrected chi connectivity index (χ2v) is 10.8. The van der Waals surface area contributed by atoms with Crippen molar-refractivity contribution in [2.24, 2.45) is 20.5 Å². The molecule has 0 radical (unpaired) electrons. The molecule has 0 aliphatic rings. The Labute approximate surface area is 215 Å². The maximum absolute atomic E-state index is 4.58. The maximum Gasteiger partial charge on any atom is 0.231 e. The van der Waals surface area contributed by atoms with Crippen LogP contribution in [0.4, 0.5) is 27.2 Å². The fourth-order valence-electron chi connectivity index (χ4n) is 3.67. The minimum atomic E-state index is 0.646. The molecule has 8 heteroatoms. The zero-order valence-corrected chi connectivity index (χ0v) is 22.3. The molecule has 0 atom stereocenters. The normalized spacial score (nSPS) is 11.9. The summed E-state index contributed by atoms with van der Waals surface area (Å²) in [4.78, 5) is 7.54. The highest BCUT2D eigenvalue weighted by molar-refractivity contribution is 7.30. The molecular formula is C27H32N6S2. The summed E-state index contributed by atoms with van der Waals surface area (Å²) < 4.78 is 1.05. The Morgan fingerprint density at radius 1 is 0.743 bits per heavy atom. The number of hydrogen-bond acceptors (Lipinski definition) is 8. The van der Waals surface area contributed by atoms with E-state index >= 15 is 0 Å². The van der Waals surface area contributed by atoms with Crippen molar-refractivity contribution >= 4 is 59.4 Å². The number of nitrogens with zero attached hydrogens (tertiary/aromatic N) is 6. The summed E-state index contributed by atoms with van der Waals surface area (Å²) in [7, 11) is 4.03. The fourth-order valence-corrected chi connectivity index (χ4v) is 5.52. The van der Waals surface area contributed by atoms with E-state index in [1.54, 1.807) is 0 Å². The van der Waals surface area contributed by atoms with Gasteiger partial charge in [0.05, 0.1) is 16.1 Å². The number of anilines is 1. The molecule has 0 aliphatic heterocycles. The summed E-state index contributed by atoms with van der Waals surface area (Å²) >= 11 is 3.03. The number of thiazole rings is 1. The topological polar surface area (TPSA) is 65.6 Å². The molecule has 2 aromatic heterocycles. The lowest BCUT2D eigenvalue weighted by Gasteiger charge is -2.11. The van der Waals surface area contributed by atoms with Crippen LogP contribution in [0, 0.1) is 0 Å². The molecule has 0 saturated heterocycles. The summed E-state index contributed by atoms with van der Waals surface area (Å²) in [6.07, 6.45) is 9.08. The van der Waals surface area contributed by atoms with E-state index in [9.17, 15) is 0 Å². The van der Waals surface area contributed by atoms with Crippen LogP contribution >= 0.6 is 22.7 Å². The van der Waals surface area contributed by atoms with E-state index in [2.05, 4.69) is 49.4 Å². The molecule has 6 nitrogen and oxygen atoms in total. The van der Waals surface area contributed by atoms with E-state index in [1.807, 2.05) is 56.6 Å². The minimum Gasteiger partial charge on any atom is -0.378 e. The molecule has 0 amide bonds. The lowest BCUT2D eigenvalue weighted by atomic mass is 10.0. The van der Waals surface area contributed by atoms with E-state index in [1.165, 1.54) is 66.8 Å². The number of aryl methyl sites for hydroxylation is 1. The monoisotopic (exact) mass is 504 g/mol. The zero-order chi connectivity index (χ0) is 24.5. The van der Waals surface area contributed by atoms with E-state index < -0.39 is 0 Å². The van der Waals surface area contributed by atoms with Crippen molar-refractivity contribution in [3.05, 3.63) is 60.2 Å². The van der Waals surface area contributed by atoms with Gasteiger partial charge in [0, 0.05) is 19.8 Å². The first-order valence-electron chi connectivity index (χ1n) is 12.2. The third-order valence-corrected chi connectivity index (χ3v) is 7.63. The van der Waals surface area contributed by atoms with Crippen LogP contribution in [0.25, 0.3) is 9.53 Å². The van der Waals surface area contributed by atoms with Crippen LogP contribution < -0.4 is 4.90 Å². The predicted octanol–water partition coefficient (Wildman–Crippen LogP) is 10.2. The van der Waals surface area contributed by atoms with Crippen molar-refractivity contribution in [2.45, 2.75) is 51.9 Å². The van der Waals surface area contributed by atoms with Crippen molar-refractivity contribution in [1.29, 1.82) is 0 Å². The first kappa shape index (κ1) is 25.1. The van der Waals surface area contributed by atoms with Crippen LogP contribution in [0.2, 0.25) is 0 Å². The summed E-state index contributed by atoms with van der Waals surface area (Å²) in [5.74, 6) is 0. The second kappa shape index (κ2) is 12.7. The van der Waals surface area contributed by atoms with Gasteiger partial charge in [-0.25, -0.2) is 4.98 Å². The number of unbranched alkanes of at least 4 members (excludes halogenated alkanes) is 5. The van der Waals surface area contributed by atoms with E-state index in [4.69, 9.17) is 0 Å². The summed E-state index contributed by atoms with van der Waals surface area (Å²) in [5.41, 5.74) is 4.18. The highest BCUT2D eigenvalue weighted by Gasteiger charge is 2.08. The number of fused-ring (bicyclic) bond motifs is 1. The molecule has 0 fully saturated rings. The van der Waals surface area contributed by atoms with Gasteiger partial charge < -0.3 is 4.90 Å². The van der Waals surface area contributed by atoms with Gasteiger partial charge in [0.1, 0.15) is 9.83 Å². The van der Waals surface area contributed by atoms with E-state index in [-0.39, 0.29) is 0 Å². The van der Waals surface area contributed by atoms with Gasteiger partial charge in [-0.15, -0.1) is 20.5 Å². The Bertz CT molecular complexity index is 1220. The SMILES string of the molecule is CCCCCCCCc1ccc(N=Nc2cc3sc(N=Nc4ccc(N(C)C)cc4)nc3s2)cc1. The molecule has 4 rings (SSSR count). The fraction of sp³-hybridized carbons (Fsp3) is 0.370. The number of azo groups is 2. The largest absolute Gasteiger partial charge is 0.378 e. The smallest absolute Gasteiger partial charge is 0.231 e. The van der Waals surface area contributed by atoms with Crippen LogP contribution in [0.1, 0.15) is 51.0 Å². The molecule has 4 aromatic rings. The van der Waals surface area contributed by atoms with Crippen molar-refractivity contribution in [3.8, 4) is 0 Å². The Kier molecular flexibility index (Phi) is 9.08. The molecule has 0 unspecified atom stereocenters. The van der Waals surface area contributed by atoms with Crippen LogP contribution in [0.15, 0.2) is 75.1 Å². The maximum atomic E-state index is 4.58. The van der Waals surface area contributed by atoms with Crippen molar-refractivity contribution in [2.75, 3.05) is 19.0 Å². The third kappa shape index (κ3) is 7.50. The van der Waals surface area contributed by atoms with E-state index in [0.717, 1.165) is 38.0 Å². The Balaban J connectivity index is 1.29. The number of thiophene rings is 1. The molecule has 0 saturated carbocycles. The van der Waals surface area contributed by atoms with Crippen molar-refractivity contribution in [1.82, 2.24) is 4.98 Å². The van der Waals surface area contributed by atoms with Crippen molar-refractivity contribution in [3.63, 3.8) is 0 Å². The molecule has 0 N–H and O–H groups in total. The molecule has 2 aromatic carbocycles. The van der Waals surface area contributed by atoms with Gasteiger partial charge in [0.15, 0.2) is 0 Å². The number of benzene rings is 2. The first-order chi connectivity index (χ1) is 17.1.